The average molecular weight is 951 g/mol. The molecule has 0 spiro atoms. The molecule has 0 bridgehead atoms. The number of benzene rings is 1. The SMILES string of the molecule is CC(C)(C)[Si](C)(C)O[C@H]1[C@@H](OP(=O)(OCCC#N)OC[C@H]2O[C@H](n3cnc4c(NC(=O)c5ccccc5)ncnc43)[C@H](F)[C@@H]2O[P+](=O)O)[C@H](n2cc(F)c3c(=O)[nH]cnc32)O[C@H]1CO. The fourth-order valence-electron chi connectivity index (χ4n) is 6.89. The largest absolute Gasteiger partial charge is 0.695 e. The first kappa shape index (κ1) is 47.2. The van der Waals surface area contributed by atoms with Crippen LogP contribution >= 0.6 is 16.1 Å². The third-order valence-electron chi connectivity index (χ3n) is 11.0. The standard InChI is InChI=1S/C37H43F2N9O13P2Si/c1-37(2,3)64(4,5)61-28-22(15-49)57-36(47-14-21(38)24-31(47)42-18-44-34(24)51)29(28)60-63(54,55-13-9-12-40)56-16-23-27(59-62(52)53)25(39)35(58-23)48-19-45-26-30(41-17-43-32(26)48)46-33(50)20-10-7-6-8-11-20/h6-8,10-11,14,17-19,22-23,25,27-29,35-36,49H,9,13,15-16H2,1-5H3,(H2-,41,42,43,44,46,50,51,52,53)/p+1/t22-,23+,25+,27+,28+,29+,35-,36+,63?/m0/s1. The third kappa shape index (κ3) is 9.60. The third-order valence-corrected chi connectivity index (χ3v) is 17.4. The average Bonchev–Trinajstić information content (AvgIpc) is 4.00. The maximum atomic E-state index is 16.5. The van der Waals surface area contributed by atoms with Crippen molar-refractivity contribution in [3.63, 3.8) is 0 Å². The number of carbonyl (C=O) groups excluding carboxylic acids is 1. The quantitative estimate of drug-likeness (QED) is 0.0545. The molecule has 64 heavy (non-hydrogen) atoms. The van der Waals surface area contributed by atoms with Crippen molar-refractivity contribution in [1.29, 1.82) is 5.26 Å². The number of carbonyl (C=O) groups is 1. The molecule has 1 amide bonds. The first-order chi connectivity index (χ1) is 30.4. The lowest BCUT2D eigenvalue weighted by Crippen LogP contribution is -2.50. The van der Waals surface area contributed by atoms with Crippen LogP contribution in [0.4, 0.5) is 14.6 Å². The molecular formula is C37H44F2N9O13P2Si+. The van der Waals surface area contributed by atoms with Crippen LogP contribution in [0.15, 0.2) is 60.3 Å². The van der Waals surface area contributed by atoms with Gasteiger partial charge in [-0.1, -0.05) is 39.0 Å². The molecule has 2 saturated heterocycles. The predicted octanol–water partition coefficient (Wildman–Crippen LogP) is 4.95. The van der Waals surface area contributed by atoms with Crippen molar-refractivity contribution < 1.29 is 64.7 Å². The smallest absolute Gasteiger partial charge is 0.408 e. The number of H-pyrrole nitrogens is 1. The number of imidazole rings is 1. The second-order valence-electron chi connectivity index (χ2n) is 16.1. The number of aromatic nitrogens is 7. The van der Waals surface area contributed by atoms with E-state index in [1.165, 1.54) is 0 Å². The summed E-state index contributed by atoms with van der Waals surface area (Å²) in [7, 11) is -11.3. The summed E-state index contributed by atoms with van der Waals surface area (Å²) in [6.45, 7) is 7.49. The van der Waals surface area contributed by atoms with Gasteiger partial charge in [-0.2, -0.15) is 5.26 Å². The van der Waals surface area contributed by atoms with Gasteiger partial charge in [0.1, 0.15) is 36.1 Å². The minimum absolute atomic E-state index is 0.0162. The van der Waals surface area contributed by atoms with Gasteiger partial charge in [0.25, 0.3) is 11.5 Å². The van der Waals surface area contributed by atoms with Crippen molar-refractivity contribution in [2.45, 2.75) is 94.5 Å². The molecule has 2 aliphatic heterocycles. The van der Waals surface area contributed by atoms with Crippen LogP contribution in [0, 0.1) is 17.1 Å². The van der Waals surface area contributed by atoms with Crippen LogP contribution in [0.25, 0.3) is 22.2 Å². The number of fused-ring (bicyclic) bond motifs is 2. The van der Waals surface area contributed by atoms with E-state index in [1.54, 1.807) is 30.3 Å². The lowest BCUT2D eigenvalue weighted by atomic mass is 10.1. The Balaban J connectivity index is 1.21. The summed E-state index contributed by atoms with van der Waals surface area (Å²) in [5.41, 5.74) is -0.675. The molecule has 10 atom stereocenters. The normalized spacial score (nSPS) is 25.1. The predicted molar refractivity (Wildman–Crippen MR) is 221 cm³/mol. The molecule has 0 aliphatic carbocycles. The number of amides is 1. The van der Waals surface area contributed by atoms with E-state index in [0.29, 0.717) is 5.56 Å². The van der Waals surface area contributed by atoms with E-state index in [0.717, 1.165) is 34.3 Å². The molecule has 22 nitrogen and oxygen atoms in total. The number of aromatic amines is 1. The highest BCUT2D eigenvalue weighted by Crippen LogP contribution is 2.56. The van der Waals surface area contributed by atoms with Crippen LogP contribution < -0.4 is 10.9 Å². The minimum Gasteiger partial charge on any atom is -0.408 e. The highest BCUT2D eigenvalue weighted by molar-refractivity contribution is 7.48. The van der Waals surface area contributed by atoms with Gasteiger partial charge in [-0.3, -0.25) is 27.7 Å². The van der Waals surface area contributed by atoms with Gasteiger partial charge in [0, 0.05) is 16.3 Å². The Kier molecular flexibility index (Phi) is 14.0. The van der Waals surface area contributed by atoms with Crippen molar-refractivity contribution in [2.24, 2.45) is 0 Å². The fourth-order valence-corrected chi connectivity index (χ4v) is 10.0. The summed E-state index contributed by atoms with van der Waals surface area (Å²) >= 11 is 0. The number of rotatable bonds is 17. The zero-order chi connectivity index (χ0) is 46.1. The number of nitrogens with zero attached hydrogens (tertiary/aromatic N) is 7. The number of alkyl halides is 1. The number of anilines is 1. The van der Waals surface area contributed by atoms with Crippen molar-refractivity contribution in [1.82, 2.24) is 34.1 Å². The topological polar surface area (TPSA) is 286 Å². The molecule has 6 heterocycles. The molecule has 1 aromatic carbocycles. The molecule has 2 fully saturated rings. The lowest BCUT2D eigenvalue weighted by molar-refractivity contribution is -0.0614. The number of halogens is 2. The van der Waals surface area contributed by atoms with Crippen LogP contribution in [0.1, 0.15) is 50.0 Å². The molecular weight excluding hydrogens is 906 g/mol. The fraction of sp³-hybridized carbons (Fsp3) is 0.486. The lowest BCUT2D eigenvalue weighted by Gasteiger charge is -2.40. The number of aliphatic hydroxyl groups is 1. The maximum Gasteiger partial charge on any atom is 0.695 e. The van der Waals surface area contributed by atoms with Crippen molar-refractivity contribution in [2.75, 3.05) is 25.1 Å². The summed E-state index contributed by atoms with van der Waals surface area (Å²) in [4.78, 5) is 54.3. The Morgan fingerprint density at radius 1 is 1.06 bits per heavy atom. The molecule has 7 rings (SSSR count). The Bertz CT molecular complexity index is 2660. The summed E-state index contributed by atoms with van der Waals surface area (Å²) in [5.74, 6) is -1.52. The molecule has 0 saturated carbocycles. The van der Waals surface area contributed by atoms with Gasteiger partial charge in [0.15, 0.2) is 61.5 Å². The number of phosphoric acid groups is 1. The summed E-state index contributed by atoms with van der Waals surface area (Å²) in [6, 6.07) is 10.1. The van der Waals surface area contributed by atoms with Gasteiger partial charge in [-0.25, -0.2) is 33.3 Å². The van der Waals surface area contributed by atoms with Gasteiger partial charge in [0.05, 0.1) is 45.0 Å². The van der Waals surface area contributed by atoms with Crippen molar-refractivity contribution in [3.8, 4) is 6.07 Å². The maximum absolute atomic E-state index is 16.5. The summed E-state index contributed by atoms with van der Waals surface area (Å²) in [5, 5.41) is 21.7. The van der Waals surface area contributed by atoms with Crippen molar-refractivity contribution >= 4 is 58.3 Å². The molecule has 2 unspecified atom stereocenters. The monoisotopic (exact) mass is 950 g/mol. The zero-order valence-corrected chi connectivity index (χ0v) is 37.6. The Labute approximate surface area is 364 Å². The number of ether oxygens (including phenoxy) is 2. The Morgan fingerprint density at radius 3 is 2.48 bits per heavy atom. The molecule has 2 aliphatic rings. The van der Waals surface area contributed by atoms with Crippen LogP contribution in [0.2, 0.25) is 18.1 Å². The molecule has 4 aromatic heterocycles. The Hall–Kier alpha value is -4.80. The van der Waals surface area contributed by atoms with Gasteiger partial charge in [-0.05, 0) is 30.3 Å². The second-order valence-corrected chi connectivity index (χ2v) is 23.2. The summed E-state index contributed by atoms with van der Waals surface area (Å²) in [6.07, 6.45) is -9.09. The van der Waals surface area contributed by atoms with Crippen LogP contribution in [0.5, 0.6) is 0 Å². The van der Waals surface area contributed by atoms with Gasteiger partial charge < -0.3 is 33.9 Å². The molecule has 27 heteroatoms. The van der Waals surface area contributed by atoms with E-state index in [9.17, 15) is 34.0 Å². The summed E-state index contributed by atoms with van der Waals surface area (Å²) < 4.78 is 103. The molecule has 0 radical (unpaired) electrons. The highest BCUT2D eigenvalue weighted by atomic mass is 31.2. The van der Waals surface area contributed by atoms with E-state index in [4.69, 9.17) is 32.0 Å². The van der Waals surface area contributed by atoms with E-state index >= 15 is 8.78 Å². The first-order valence-electron chi connectivity index (χ1n) is 19.6. The van der Waals surface area contributed by atoms with E-state index in [2.05, 4.69) is 30.2 Å². The second kappa shape index (κ2) is 19.0. The van der Waals surface area contributed by atoms with Crippen LogP contribution in [0.3, 0.4) is 0 Å². The zero-order valence-electron chi connectivity index (χ0n) is 34.8. The Morgan fingerprint density at radius 2 is 1.80 bits per heavy atom. The number of aliphatic hydroxyl groups excluding tert-OH is 1. The van der Waals surface area contributed by atoms with E-state index in [-0.39, 0.29) is 29.0 Å². The minimum atomic E-state index is -5.04. The van der Waals surface area contributed by atoms with Gasteiger partial charge >= 0.3 is 16.1 Å². The highest BCUT2D eigenvalue weighted by Gasteiger charge is 2.56. The van der Waals surface area contributed by atoms with Gasteiger partial charge in [-0.15, -0.1) is 9.42 Å². The molecule has 342 valence electrons. The molecule has 5 aromatic rings. The number of hydrogen-bond acceptors (Lipinski definition) is 17. The number of phosphoric ester groups is 1. The number of hydrogen-bond donors (Lipinski definition) is 4. The van der Waals surface area contributed by atoms with Gasteiger partial charge in [0.2, 0.25) is 0 Å². The first-order valence-corrected chi connectivity index (χ1v) is 25.1. The van der Waals surface area contributed by atoms with Crippen LogP contribution in [-0.2, 0) is 41.1 Å². The van der Waals surface area contributed by atoms with Crippen molar-refractivity contribution in [3.05, 3.63) is 77.2 Å². The van der Waals surface area contributed by atoms with E-state index in [1.807, 2.05) is 39.9 Å². The molecule has 4 N–H and O–H groups in total. The van der Waals surface area contributed by atoms with E-state index < -0.39 is 121 Å². The number of nitrogens with one attached hydrogen (secondary N) is 2. The van der Waals surface area contributed by atoms with Crippen LogP contribution in [-0.4, -0.2) is 115 Å². The number of nitriles is 1.